The first-order chi connectivity index (χ1) is 6.83. The largest absolute Gasteiger partial charge is 0.496 e. The van der Waals surface area contributed by atoms with Crippen LogP contribution in [-0.4, -0.2) is 20.3 Å². The molecule has 0 heterocycles. The minimum absolute atomic E-state index is 0.598. The van der Waals surface area contributed by atoms with E-state index in [1.807, 2.05) is 25.1 Å². The Bertz CT molecular complexity index is 287. The molecule has 0 fully saturated rings. The smallest absolute Gasteiger partial charge is 0.126 e. The van der Waals surface area contributed by atoms with Gasteiger partial charge in [-0.25, -0.2) is 0 Å². The summed E-state index contributed by atoms with van der Waals surface area (Å²) < 4.78 is 10.7. The Kier molecular flexibility index (Phi) is 4.26. The highest BCUT2D eigenvalue weighted by Gasteiger charge is 2.08. The molecule has 1 aromatic carbocycles. The van der Waals surface area contributed by atoms with Crippen LogP contribution >= 0.6 is 0 Å². The minimum Gasteiger partial charge on any atom is -0.496 e. The highest BCUT2D eigenvalue weighted by molar-refractivity contribution is 5.44. The predicted molar refractivity (Wildman–Crippen MR) is 56.9 cm³/mol. The number of rotatable bonds is 5. The van der Waals surface area contributed by atoms with Gasteiger partial charge in [-0.05, 0) is 32.0 Å². The summed E-state index contributed by atoms with van der Waals surface area (Å²) in [4.78, 5) is 0. The lowest BCUT2D eigenvalue weighted by Gasteiger charge is -2.13. The van der Waals surface area contributed by atoms with Crippen LogP contribution in [0, 0.1) is 0 Å². The quantitative estimate of drug-likeness (QED) is 0.776. The molecule has 0 unspecified atom stereocenters. The first-order valence-corrected chi connectivity index (χ1v) is 4.82. The predicted octanol–water partition coefficient (Wildman–Crippen LogP) is 1.60. The van der Waals surface area contributed by atoms with Gasteiger partial charge >= 0.3 is 0 Å². The van der Waals surface area contributed by atoms with Gasteiger partial charge in [-0.15, -0.1) is 0 Å². The van der Waals surface area contributed by atoms with Crippen LogP contribution in [0.3, 0.4) is 0 Å². The highest BCUT2D eigenvalue weighted by Crippen LogP contribution is 2.28. The number of hydrogen-bond donors (Lipinski definition) is 1. The number of benzene rings is 1. The van der Waals surface area contributed by atoms with E-state index in [-0.39, 0.29) is 0 Å². The van der Waals surface area contributed by atoms with E-state index >= 15 is 0 Å². The van der Waals surface area contributed by atoms with Gasteiger partial charge in [0.15, 0.2) is 0 Å². The molecule has 0 aliphatic rings. The van der Waals surface area contributed by atoms with Crippen molar-refractivity contribution in [2.24, 2.45) is 5.73 Å². The lowest BCUT2D eigenvalue weighted by atomic mass is 10.1. The molecule has 1 rings (SSSR count). The van der Waals surface area contributed by atoms with Crippen molar-refractivity contribution < 1.29 is 9.47 Å². The molecule has 0 saturated carbocycles. The molecule has 0 saturated heterocycles. The Morgan fingerprint density at radius 3 is 2.57 bits per heavy atom. The Hall–Kier alpha value is -1.22. The number of ether oxygens (including phenoxy) is 2. The Morgan fingerprint density at radius 1 is 1.29 bits per heavy atom. The molecule has 2 N–H and O–H groups in total. The lowest BCUT2D eigenvalue weighted by molar-refractivity contribution is 0.331. The molecular formula is C11H17NO2. The molecule has 3 nitrogen and oxygen atoms in total. The van der Waals surface area contributed by atoms with Crippen LogP contribution in [0.1, 0.15) is 12.5 Å². The minimum atomic E-state index is 0.598. The van der Waals surface area contributed by atoms with Gasteiger partial charge in [0.05, 0.1) is 13.7 Å². The van der Waals surface area contributed by atoms with Gasteiger partial charge in [-0.1, -0.05) is 6.07 Å². The van der Waals surface area contributed by atoms with E-state index in [0.29, 0.717) is 13.2 Å². The topological polar surface area (TPSA) is 44.5 Å². The summed E-state index contributed by atoms with van der Waals surface area (Å²) in [5, 5.41) is 0. The van der Waals surface area contributed by atoms with E-state index in [4.69, 9.17) is 15.2 Å². The number of methoxy groups -OCH3 is 1. The van der Waals surface area contributed by atoms with Crippen LogP contribution in [0.5, 0.6) is 11.5 Å². The normalized spacial score (nSPS) is 9.93. The Labute approximate surface area is 84.8 Å². The summed E-state index contributed by atoms with van der Waals surface area (Å²) in [6.45, 7) is 3.22. The molecule has 0 amide bonds. The van der Waals surface area contributed by atoms with Gasteiger partial charge in [-0.3, -0.25) is 0 Å². The zero-order chi connectivity index (χ0) is 10.4. The van der Waals surface area contributed by atoms with Crippen LogP contribution in [0.15, 0.2) is 18.2 Å². The van der Waals surface area contributed by atoms with Gasteiger partial charge in [-0.2, -0.15) is 0 Å². The molecule has 14 heavy (non-hydrogen) atoms. The summed E-state index contributed by atoms with van der Waals surface area (Å²) in [5.74, 6) is 1.72. The SMILES string of the molecule is CCOc1cccc(OC)c1CCN. The van der Waals surface area contributed by atoms with E-state index in [1.54, 1.807) is 7.11 Å². The van der Waals surface area contributed by atoms with Crippen LogP contribution < -0.4 is 15.2 Å². The molecular weight excluding hydrogens is 178 g/mol. The first-order valence-electron chi connectivity index (χ1n) is 4.82. The second-order valence-corrected chi connectivity index (χ2v) is 2.91. The van der Waals surface area contributed by atoms with Crippen LogP contribution in [0.25, 0.3) is 0 Å². The van der Waals surface area contributed by atoms with Gasteiger partial charge < -0.3 is 15.2 Å². The van der Waals surface area contributed by atoms with E-state index in [1.165, 1.54) is 0 Å². The molecule has 78 valence electrons. The maximum absolute atomic E-state index is 5.54. The monoisotopic (exact) mass is 195 g/mol. The molecule has 0 aliphatic carbocycles. The maximum Gasteiger partial charge on any atom is 0.126 e. The number of nitrogens with two attached hydrogens (primary N) is 1. The zero-order valence-electron chi connectivity index (χ0n) is 8.75. The van der Waals surface area contributed by atoms with Gasteiger partial charge in [0.25, 0.3) is 0 Å². The van der Waals surface area contributed by atoms with Crippen molar-refractivity contribution in [1.82, 2.24) is 0 Å². The maximum atomic E-state index is 5.54. The summed E-state index contributed by atoms with van der Waals surface area (Å²) >= 11 is 0. The van der Waals surface area contributed by atoms with Crippen molar-refractivity contribution in [2.75, 3.05) is 20.3 Å². The van der Waals surface area contributed by atoms with Crippen LogP contribution in [-0.2, 0) is 6.42 Å². The molecule has 3 heteroatoms. The molecule has 1 aromatic rings. The highest BCUT2D eigenvalue weighted by atomic mass is 16.5. The lowest BCUT2D eigenvalue weighted by Crippen LogP contribution is -2.06. The Balaban J connectivity index is 3.00. The van der Waals surface area contributed by atoms with Crippen molar-refractivity contribution in [3.05, 3.63) is 23.8 Å². The standard InChI is InChI=1S/C11H17NO2/c1-3-14-11-6-4-5-10(13-2)9(11)7-8-12/h4-6H,3,7-8,12H2,1-2H3. The third-order valence-corrected chi connectivity index (χ3v) is 2.00. The molecule has 0 aromatic heterocycles. The summed E-state index contributed by atoms with van der Waals surface area (Å²) in [5.41, 5.74) is 6.59. The third-order valence-electron chi connectivity index (χ3n) is 2.00. The second-order valence-electron chi connectivity index (χ2n) is 2.91. The molecule has 0 atom stereocenters. The molecule has 0 radical (unpaired) electrons. The fraction of sp³-hybridized carbons (Fsp3) is 0.455. The fourth-order valence-electron chi connectivity index (χ4n) is 1.42. The van der Waals surface area contributed by atoms with Crippen molar-refractivity contribution >= 4 is 0 Å². The molecule has 0 bridgehead atoms. The Morgan fingerprint density at radius 2 is 2.00 bits per heavy atom. The average molecular weight is 195 g/mol. The van der Waals surface area contributed by atoms with Crippen molar-refractivity contribution in [1.29, 1.82) is 0 Å². The zero-order valence-corrected chi connectivity index (χ0v) is 8.75. The molecule has 0 aliphatic heterocycles. The van der Waals surface area contributed by atoms with E-state index in [2.05, 4.69) is 0 Å². The van der Waals surface area contributed by atoms with Gasteiger partial charge in [0.1, 0.15) is 11.5 Å². The van der Waals surface area contributed by atoms with E-state index in [9.17, 15) is 0 Å². The molecule has 0 spiro atoms. The third kappa shape index (κ3) is 2.39. The van der Waals surface area contributed by atoms with Crippen LogP contribution in [0.2, 0.25) is 0 Å². The van der Waals surface area contributed by atoms with E-state index in [0.717, 1.165) is 23.5 Å². The van der Waals surface area contributed by atoms with Crippen molar-refractivity contribution in [2.45, 2.75) is 13.3 Å². The summed E-state index contributed by atoms with van der Waals surface area (Å²) in [6.07, 6.45) is 0.777. The number of hydrogen-bond acceptors (Lipinski definition) is 3. The first kappa shape index (κ1) is 10.9. The van der Waals surface area contributed by atoms with Crippen LogP contribution in [0.4, 0.5) is 0 Å². The summed E-state index contributed by atoms with van der Waals surface area (Å²) in [7, 11) is 1.66. The van der Waals surface area contributed by atoms with Crippen molar-refractivity contribution in [3.63, 3.8) is 0 Å². The van der Waals surface area contributed by atoms with Crippen molar-refractivity contribution in [3.8, 4) is 11.5 Å². The second kappa shape index (κ2) is 5.50. The van der Waals surface area contributed by atoms with E-state index < -0.39 is 0 Å². The van der Waals surface area contributed by atoms with Gasteiger partial charge in [0, 0.05) is 5.56 Å². The van der Waals surface area contributed by atoms with Gasteiger partial charge in [0.2, 0.25) is 0 Å². The fourth-order valence-corrected chi connectivity index (χ4v) is 1.42. The average Bonchev–Trinajstić information content (AvgIpc) is 2.21. The summed E-state index contributed by atoms with van der Waals surface area (Å²) in [6, 6.07) is 5.79.